The molecular formula is C19H21N3O5S. The van der Waals surface area contributed by atoms with Gasteiger partial charge in [0.1, 0.15) is 0 Å². The zero-order valence-corrected chi connectivity index (χ0v) is 16.7. The van der Waals surface area contributed by atoms with Crippen molar-refractivity contribution >= 4 is 28.9 Å². The number of aromatic amines is 1. The predicted molar refractivity (Wildman–Crippen MR) is 106 cm³/mol. The molecule has 28 heavy (non-hydrogen) atoms. The number of allylic oxidation sites excluding steroid dienone is 2. The summed E-state index contributed by atoms with van der Waals surface area (Å²) in [5.41, 5.74) is -0.272. The Morgan fingerprint density at radius 1 is 1.36 bits per heavy atom. The highest BCUT2D eigenvalue weighted by atomic mass is 32.1. The van der Waals surface area contributed by atoms with Crippen molar-refractivity contribution in [2.75, 3.05) is 5.32 Å². The molecule has 0 saturated heterocycles. The molecule has 1 aliphatic carbocycles. The van der Waals surface area contributed by atoms with Crippen LogP contribution < -0.4 is 10.9 Å². The van der Waals surface area contributed by atoms with Crippen LogP contribution in [-0.4, -0.2) is 32.1 Å². The molecule has 1 fully saturated rings. The number of carboxylic acid groups (broad SMARTS) is 1. The number of aromatic carboxylic acids is 1. The summed E-state index contributed by atoms with van der Waals surface area (Å²) in [6.07, 6.45) is 2.09. The molecule has 1 saturated carbocycles. The number of carboxylic acids is 1. The van der Waals surface area contributed by atoms with Crippen LogP contribution in [0.5, 0.6) is 5.75 Å². The lowest BCUT2D eigenvalue weighted by Gasteiger charge is -2.08. The Kier molecular flexibility index (Phi) is 4.88. The molecule has 0 aromatic carbocycles. The number of H-pyrrole nitrogens is 1. The summed E-state index contributed by atoms with van der Waals surface area (Å²) in [4.78, 5) is 42.4. The van der Waals surface area contributed by atoms with Gasteiger partial charge in [0.2, 0.25) is 11.7 Å². The Bertz CT molecular complexity index is 1050. The maximum atomic E-state index is 12.8. The van der Waals surface area contributed by atoms with Crippen LogP contribution in [0.2, 0.25) is 0 Å². The highest BCUT2D eigenvalue weighted by Crippen LogP contribution is 2.59. The number of carbonyl (C=O) groups is 2. The smallest absolute Gasteiger partial charge is 0.358 e. The Morgan fingerprint density at radius 2 is 2.04 bits per heavy atom. The van der Waals surface area contributed by atoms with E-state index in [2.05, 4.69) is 21.4 Å². The number of nitrogens with zero attached hydrogens (tertiary/aromatic N) is 1. The number of anilines is 1. The Balaban J connectivity index is 1.90. The van der Waals surface area contributed by atoms with Gasteiger partial charge in [-0.1, -0.05) is 25.5 Å². The Labute approximate surface area is 165 Å². The molecule has 148 valence electrons. The Morgan fingerprint density at radius 3 is 2.64 bits per heavy atom. The van der Waals surface area contributed by atoms with Crippen LogP contribution in [0.4, 0.5) is 5.69 Å². The summed E-state index contributed by atoms with van der Waals surface area (Å²) < 4.78 is 0. The van der Waals surface area contributed by atoms with E-state index in [1.54, 1.807) is 11.4 Å². The molecule has 3 rings (SSSR count). The first-order chi connectivity index (χ1) is 13.0. The number of carbonyl (C=O) groups excluding carboxylic acids is 1. The lowest BCUT2D eigenvalue weighted by molar-refractivity contribution is -0.118. The zero-order chi connectivity index (χ0) is 20.8. The van der Waals surface area contributed by atoms with Gasteiger partial charge in [-0.3, -0.25) is 9.59 Å². The molecule has 0 radical (unpaired) electrons. The van der Waals surface area contributed by atoms with Crippen molar-refractivity contribution in [3.05, 3.63) is 39.1 Å². The predicted octanol–water partition coefficient (Wildman–Crippen LogP) is 3.08. The van der Waals surface area contributed by atoms with E-state index in [0.29, 0.717) is 10.6 Å². The zero-order valence-electron chi connectivity index (χ0n) is 15.9. The van der Waals surface area contributed by atoms with Crippen molar-refractivity contribution in [3.63, 3.8) is 0 Å². The summed E-state index contributed by atoms with van der Waals surface area (Å²) in [5, 5.41) is 23.3. The fourth-order valence-electron chi connectivity index (χ4n) is 3.37. The molecular weight excluding hydrogens is 382 g/mol. The summed E-state index contributed by atoms with van der Waals surface area (Å²) >= 11 is 1.19. The lowest BCUT2D eigenvalue weighted by atomic mass is 10.1. The average Bonchev–Trinajstić information content (AvgIpc) is 2.92. The summed E-state index contributed by atoms with van der Waals surface area (Å²) in [6, 6.07) is 1.66. The van der Waals surface area contributed by atoms with Gasteiger partial charge in [-0.25, -0.2) is 9.78 Å². The van der Waals surface area contributed by atoms with E-state index in [4.69, 9.17) is 5.11 Å². The van der Waals surface area contributed by atoms with Crippen molar-refractivity contribution in [2.45, 2.75) is 27.7 Å². The minimum atomic E-state index is -1.52. The van der Waals surface area contributed by atoms with Crippen molar-refractivity contribution in [2.24, 2.45) is 17.3 Å². The summed E-state index contributed by atoms with van der Waals surface area (Å²) in [6.45, 7) is 8.06. The van der Waals surface area contributed by atoms with Gasteiger partial charge in [0, 0.05) is 0 Å². The number of hydrogen-bond donors (Lipinski definition) is 4. The van der Waals surface area contributed by atoms with E-state index in [-0.39, 0.29) is 29.0 Å². The number of amides is 1. The summed E-state index contributed by atoms with van der Waals surface area (Å²) in [7, 11) is 0. The molecule has 4 N–H and O–H groups in total. The topological polar surface area (TPSA) is 132 Å². The molecule has 0 spiro atoms. The third kappa shape index (κ3) is 3.45. The highest BCUT2D eigenvalue weighted by molar-refractivity contribution is 7.14. The van der Waals surface area contributed by atoms with Crippen LogP contribution >= 0.6 is 11.3 Å². The van der Waals surface area contributed by atoms with Crippen molar-refractivity contribution < 1.29 is 19.8 Å². The quantitative estimate of drug-likeness (QED) is 0.567. The number of nitrogens with one attached hydrogen (secondary N) is 2. The van der Waals surface area contributed by atoms with Crippen molar-refractivity contribution in [3.8, 4) is 16.5 Å². The van der Waals surface area contributed by atoms with Gasteiger partial charge in [0.15, 0.2) is 11.5 Å². The van der Waals surface area contributed by atoms with E-state index in [9.17, 15) is 19.5 Å². The maximum absolute atomic E-state index is 12.8. The van der Waals surface area contributed by atoms with Crippen LogP contribution in [0.15, 0.2) is 27.9 Å². The van der Waals surface area contributed by atoms with Crippen LogP contribution in [0.1, 0.15) is 38.2 Å². The van der Waals surface area contributed by atoms with E-state index >= 15 is 0 Å². The van der Waals surface area contributed by atoms with Gasteiger partial charge in [-0.05, 0) is 36.6 Å². The molecule has 0 bridgehead atoms. The first kappa shape index (κ1) is 19.8. The van der Waals surface area contributed by atoms with Crippen molar-refractivity contribution in [1.29, 1.82) is 0 Å². The fraction of sp³-hybridized carbons (Fsp3) is 0.368. The van der Waals surface area contributed by atoms with E-state index < -0.39 is 23.0 Å². The van der Waals surface area contributed by atoms with Crippen LogP contribution in [0.3, 0.4) is 0 Å². The second-order valence-corrected chi connectivity index (χ2v) is 8.55. The molecule has 2 unspecified atom stereocenters. The fourth-order valence-corrected chi connectivity index (χ4v) is 4.17. The van der Waals surface area contributed by atoms with Crippen LogP contribution in [-0.2, 0) is 4.79 Å². The first-order valence-electron chi connectivity index (χ1n) is 8.64. The van der Waals surface area contributed by atoms with E-state index in [0.717, 1.165) is 5.57 Å². The van der Waals surface area contributed by atoms with Crippen LogP contribution in [0.25, 0.3) is 10.7 Å². The second-order valence-electron chi connectivity index (χ2n) is 7.64. The molecule has 0 aliphatic heterocycles. The van der Waals surface area contributed by atoms with Crippen LogP contribution in [0, 0.1) is 17.3 Å². The molecule has 9 heteroatoms. The highest BCUT2D eigenvalue weighted by Gasteiger charge is 2.60. The molecule has 2 aromatic rings. The van der Waals surface area contributed by atoms with Gasteiger partial charge in [-0.15, -0.1) is 11.3 Å². The number of thiophene rings is 1. The monoisotopic (exact) mass is 403 g/mol. The minimum absolute atomic E-state index is 0.0265. The first-order valence-corrected chi connectivity index (χ1v) is 9.52. The normalized spacial score (nSPS) is 19.7. The van der Waals surface area contributed by atoms with E-state index in [1.165, 1.54) is 11.3 Å². The second kappa shape index (κ2) is 6.90. The lowest BCUT2D eigenvalue weighted by Crippen LogP contribution is -2.18. The van der Waals surface area contributed by atoms with Gasteiger partial charge in [-0.2, -0.15) is 0 Å². The molecule has 8 nitrogen and oxygen atoms in total. The summed E-state index contributed by atoms with van der Waals surface area (Å²) in [5.74, 6) is -2.69. The number of hydrogen-bond acceptors (Lipinski definition) is 6. The SMILES string of the molecule is CC(C)=CC1C(C(=O)Nc2ccsc2-c2nc(C(=O)O)c(O)c(=O)[nH]2)C1(C)C. The molecule has 2 atom stereocenters. The van der Waals surface area contributed by atoms with Gasteiger partial charge in [0.25, 0.3) is 5.56 Å². The van der Waals surface area contributed by atoms with Crippen molar-refractivity contribution in [1.82, 2.24) is 9.97 Å². The molecule has 1 aliphatic rings. The molecule has 2 heterocycles. The third-order valence-electron chi connectivity index (χ3n) is 4.94. The molecule has 2 aromatic heterocycles. The van der Waals surface area contributed by atoms with Gasteiger partial charge >= 0.3 is 5.97 Å². The number of aromatic hydroxyl groups is 1. The average molecular weight is 403 g/mol. The third-order valence-corrected chi connectivity index (χ3v) is 5.86. The van der Waals surface area contributed by atoms with Gasteiger partial charge in [0.05, 0.1) is 16.5 Å². The number of aromatic nitrogens is 2. The minimum Gasteiger partial charge on any atom is -0.501 e. The number of rotatable bonds is 5. The van der Waals surface area contributed by atoms with E-state index in [1.807, 2.05) is 27.7 Å². The largest absolute Gasteiger partial charge is 0.501 e. The van der Waals surface area contributed by atoms with Gasteiger partial charge < -0.3 is 20.5 Å². The molecule has 1 amide bonds. The Hall–Kier alpha value is -2.94. The standard InChI is InChI=1S/C19H21N3O5S/c1-8(2)7-9-11(19(9,3)4)16(24)20-10-5-6-28-14(10)15-21-12(18(26)27)13(23)17(25)22-15/h5-7,9,11,23H,1-4H3,(H,20,24)(H,26,27)(H,21,22,25). The maximum Gasteiger partial charge on any atom is 0.358 e.